The lowest BCUT2D eigenvalue weighted by atomic mass is 10.0. The summed E-state index contributed by atoms with van der Waals surface area (Å²) in [6.07, 6.45) is 1.78. The summed E-state index contributed by atoms with van der Waals surface area (Å²) in [5.74, 6) is 0.544. The minimum atomic E-state index is 0.329. The third kappa shape index (κ3) is 4.58. The molecule has 4 nitrogen and oxygen atoms in total. The quantitative estimate of drug-likeness (QED) is 0.768. The zero-order valence-corrected chi connectivity index (χ0v) is 12.3. The first kappa shape index (κ1) is 14.9. The molecule has 0 amide bonds. The van der Waals surface area contributed by atoms with E-state index in [0.29, 0.717) is 22.6 Å². The third-order valence-electron chi connectivity index (χ3n) is 2.73. The molecule has 0 aliphatic carbocycles. The van der Waals surface area contributed by atoms with Gasteiger partial charge in [0.1, 0.15) is 4.99 Å². The number of rotatable bonds is 6. The molecule has 18 heavy (non-hydrogen) atoms. The van der Waals surface area contributed by atoms with Crippen molar-refractivity contribution in [3.05, 3.63) is 24.0 Å². The zero-order valence-electron chi connectivity index (χ0n) is 11.5. The fourth-order valence-electron chi connectivity index (χ4n) is 1.66. The van der Waals surface area contributed by atoms with E-state index in [4.69, 9.17) is 18.0 Å². The van der Waals surface area contributed by atoms with Crippen LogP contribution < -0.4 is 11.1 Å². The molecule has 5 heteroatoms. The molecule has 1 atom stereocenters. The molecule has 0 radical (unpaired) electrons. The van der Waals surface area contributed by atoms with Crippen molar-refractivity contribution in [2.24, 2.45) is 11.7 Å². The van der Waals surface area contributed by atoms with Gasteiger partial charge in [0.05, 0.1) is 17.6 Å². The minimum Gasteiger partial charge on any atom is -0.388 e. The number of thiocarbonyl (C=S) groups is 1. The van der Waals surface area contributed by atoms with E-state index in [2.05, 4.69) is 43.1 Å². The summed E-state index contributed by atoms with van der Waals surface area (Å²) in [5.41, 5.74) is 7.17. The first-order valence-corrected chi connectivity index (χ1v) is 6.48. The number of anilines is 1. The van der Waals surface area contributed by atoms with Crippen molar-refractivity contribution in [1.82, 2.24) is 9.88 Å². The second kappa shape index (κ2) is 6.66. The molecule has 0 spiro atoms. The van der Waals surface area contributed by atoms with Crippen molar-refractivity contribution in [3.63, 3.8) is 0 Å². The molecule has 0 bridgehead atoms. The maximum atomic E-state index is 5.52. The Labute approximate surface area is 115 Å². The van der Waals surface area contributed by atoms with Crippen LogP contribution in [0.2, 0.25) is 0 Å². The van der Waals surface area contributed by atoms with Crippen LogP contribution in [0.25, 0.3) is 0 Å². The molecule has 1 rings (SSSR count). The molecule has 1 aromatic rings. The first-order valence-electron chi connectivity index (χ1n) is 6.07. The molecule has 1 aromatic heterocycles. The lowest BCUT2D eigenvalue weighted by molar-refractivity contribution is 0.344. The van der Waals surface area contributed by atoms with Gasteiger partial charge in [-0.15, -0.1) is 0 Å². The van der Waals surface area contributed by atoms with Crippen molar-refractivity contribution in [2.45, 2.75) is 19.9 Å². The number of nitrogens with two attached hydrogens (primary N) is 1. The number of nitrogens with one attached hydrogen (secondary N) is 1. The van der Waals surface area contributed by atoms with Gasteiger partial charge in [0.2, 0.25) is 0 Å². The van der Waals surface area contributed by atoms with E-state index in [0.717, 1.165) is 12.2 Å². The Morgan fingerprint density at radius 2 is 2.11 bits per heavy atom. The smallest absolute Gasteiger partial charge is 0.122 e. The highest BCUT2D eigenvalue weighted by Gasteiger charge is 2.14. The van der Waals surface area contributed by atoms with Crippen molar-refractivity contribution in [2.75, 3.05) is 26.0 Å². The van der Waals surface area contributed by atoms with E-state index < -0.39 is 0 Å². The van der Waals surface area contributed by atoms with Gasteiger partial charge in [0.25, 0.3) is 0 Å². The molecular formula is C13H22N4S. The summed E-state index contributed by atoms with van der Waals surface area (Å²) in [7, 11) is 4.15. The largest absolute Gasteiger partial charge is 0.388 e. The molecule has 3 N–H and O–H groups in total. The molecule has 0 aromatic carbocycles. The molecule has 0 fully saturated rings. The van der Waals surface area contributed by atoms with E-state index >= 15 is 0 Å². The Bertz CT molecular complexity index is 386. The van der Waals surface area contributed by atoms with Gasteiger partial charge in [-0.05, 0) is 32.1 Å². The normalized spacial score (nSPS) is 12.8. The molecule has 0 aliphatic rings. The monoisotopic (exact) mass is 266 g/mol. The summed E-state index contributed by atoms with van der Waals surface area (Å²) in [6, 6.07) is 4.20. The maximum Gasteiger partial charge on any atom is 0.122 e. The summed E-state index contributed by atoms with van der Waals surface area (Å²) < 4.78 is 0. The number of pyridine rings is 1. The van der Waals surface area contributed by atoms with Crippen LogP contribution in [-0.2, 0) is 0 Å². The van der Waals surface area contributed by atoms with Crippen molar-refractivity contribution >= 4 is 22.9 Å². The molecular weight excluding hydrogens is 244 g/mol. The second-order valence-electron chi connectivity index (χ2n) is 5.05. The number of nitrogens with zero attached hydrogens (tertiary/aromatic N) is 2. The van der Waals surface area contributed by atoms with Gasteiger partial charge < -0.3 is 16.0 Å². The van der Waals surface area contributed by atoms with E-state index in [1.807, 2.05) is 12.1 Å². The minimum absolute atomic E-state index is 0.329. The molecule has 1 unspecified atom stereocenters. The highest BCUT2D eigenvalue weighted by atomic mass is 32.1. The van der Waals surface area contributed by atoms with Crippen LogP contribution in [0.5, 0.6) is 0 Å². The van der Waals surface area contributed by atoms with Gasteiger partial charge in [-0.25, -0.2) is 0 Å². The molecule has 1 heterocycles. The van der Waals surface area contributed by atoms with E-state index in [1.165, 1.54) is 0 Å². The zero-order chi connectivity index (χ0) is 13.7. The number of hydrogen-bond acceptors (Lipinski definition) is 4. The van der Waals surface area contributed by atoms with E-state index in [-0.39, 0.29) is 0 Å². The van der Waals surface area contributed by atoms with Crippen LogP contribution in [0.1, 0.15) is 19.5 Å². The van der Waals surface area contributed by atoms with Gasteiger partial charge >= 0.3 is 0 Å². The van der Waals surface area contributed by atoms with E-state index in [9.17, 15) is 0 Å². The number of likely N-dealkylation sites (N-methyl/N-ethyl adjacent to an activating group) is 1. The highest BCUT2D eigenvalue weighted by molar-refractivity contribution is 7.80. The van der Waals surface area contributed by atoms with Crippen LogP contribution in [-0.4, -0.2) is 41.6 Å². The predicted octanol–water partition coefficient (Wildman–Crippen LogP) is 1.71. The summed E-state index contributed by atoms with van der Waals surface area (Å²) >= 11 is 4.88. The predicted molar refractivity (Wildman–Crippen MR) is 80.9 cm³/mol. The van der Waals surface area contributed by atoms with Gasteiger partial charge in [0.15, 0.2) is 0 Å². The van der Waals surface area contributed by atoms with Crippen molar-refractivity contribution in [3.8, 4) is 0 Å². The first-order chi connectivity index (χ1) is 8.40. The van der Waals surface area contributed by atoms with Crippen LogP contribution >= 0.6 is 12.2 Å². The number of hydrogen-bond donors (Lipinski definition) is 2. The SMILES string of the molecule is CC(C)C(CN(C)C)Nc1ccc(C(N)=S)nc1. The fourth-order valence-corrected chi connectivity index (χ4v) is 1.78. The summed E-state index contributed by atoms with van der Waals surface area (Å²) in [4.78, 5) is 6.73. The van der Waals surface area contributed by atoms with Crippen molar-refractivity contribution in [1.29, 1.82) is 0 Å². The standard InChI is InChI=1S/C13H22N4S/c1-9(2)12(8-17(3)4)16-10-5-6-11(13(14)18)15-7-10/h5-7,9,12,16H,8H2,1-4H3,(H2,14,18). The second-order valence-corrected chi connectivity index (χ2v) is 5.49. The summed E-state index contributed by atoms with van der Waals surface area (Å²) in [5, 5.41) is 3.49. The Morgan fingerprint density at radius 3 is 2.50 bits per heavy atom. The van der Waals surface area contributed by atoms with Crippen molar-refractivity contribution < 1.29 is 0 Å². The van der Waals surface area contributed by atoms with Gasteiger partial charge in [-0.1, -0.05) is 26.1 Å². The summed E-state index contributed by atoms with van der Waals surface area (Å²) in [6.45, 7) is 5.39. The highest BCUT2D eigenvalue weighted by Crippen LogP contribution is 2.13. The van der Waals surface area contributed by atoms with Crippen LogP contribution in [0.15, 0.2) is 18.3 Å². The Balaban J connectivity index is 2.72. The van der Waals surface area contributed by atoms with Crippen LogP contribution in [0.4, 0.5) is 5.69 Å². The molecule has 100 valence electrons. The topological polar surface area (TPSA) is 54.2 Å². The Morgan fingerprint density at radius 1 is 1.44 bits per heavy atom. The average molecular weight is 266 g/mol. The Hall–Kier alpha value is -1.20. The average Bonchev–Trinajstić information content (AvgIpc) is 2.28. The van der Waals surface area contributed by atoms with E-state index in [1.54, 1.807) is 6.20 Å². The lowest BCUT2D eigenvalue weighted by Gasteiger charge is -2.26. The molecule has 0 saturated carbocycles. The number of aromatic nitrogens is 1. The van der Waals surface area contributed by atoms with Gasteiger partial charge in [-0.2, -0.15) is 0 Å². The van der Waals surface area contributed by atoms with Crippen LogP contribution in [0.3, 0.4) is 0 Å². The maximum absolute atomic E-state index is 5.52. The molecule has 0 saturated heterocycles. The Kier molecular flexibility index (Phi) is 5.50. The van der Waals surface area contributed by atoms with Crippen LogP contribution in [0, 0.1) is 5.92 Å². The lowest BCUT2D eigenvalue weighted by Crippen LogP contribution is -2.36. The van der Waals surface area contributed by atoms with Gasteiger partial charge in [-0.3, -0.25) is 4.98 Å². The fraction of sp³-hybridized carbons (Fsp3) is 0.538. The third-order valence-corrected chi connectivity index (χ3v) is 2.94. The van der Waals surface area contributed by atoms with Gasteiger partial charge in [0, 0.05) is 12.6 Å². The molecule has 0 aliphatic heterocycles.